The lowest BCUT2D eigenvalue weighted by Gasteiger charge is -2.06. The summed E-state index contributed by atoms with van der Waals surface area (Å²) >= 11 is 0. The maximum atomic E-state index is 12.2. The van der Waals surface area contributed by atoms with Crippen molar-refractivity contribution in [3.8, 4) is 0 Å². The first kappa shape index (κ1) is 14.6. The molecule has 104 valence electrons. The van der Waals surface area contributed by atoms with Crippen LogP contribution in [0, 0.1) is 0 Å². The van der Waals surface area contributed by atoms with Gasteiger partial charge in [0.1, 0.15) is 0 Å². The Balaban J connectivity index is 0.00000147. The molecule has 0 heterocycles. The van der Waals surface area contributed by atoms with Crippen LogP contribution in [-0.2, 0) is 12.8 Å². The molecule has 1 aliphatic carbocycles. The van der Waals surface area contributed by atoms with E-state index in [0.29, 0.717) is 5.56 Å². The van der Waals surface area contributed by atoms with Gasteiger partial charge in [-0.15, -0.1) is 12.4 Å². The third kappa shape index (κ3) is 3.00. The molecule has 0 saturated carbocycles. The van der Waals surface area contributed by atoms with Gasteiger partial charge in [-0.1, -0.05) is 24.3 Å². The van der Waals surface area contributed by atoms with Crippen LogP contribution in [0.25, 0.3) is 0 Å². The van der Waals surface area contributed by atoms with Crippen molar-refractivity contribution >= 4 is 24.0 Å². The molecule has 3 N–H and O–H groups in total. The van der Waals surface area contributed by atoms with Crippen molar-refractivity contribution in [2.75, 3.05) is 5.32 Å². The van der Waals surface area contributed by atoms with Crippen LogP contribution in [0.15, 0.2) is 48.5 Å². The molecular formula is C16H17ClN2O. The van der Waals surface area contributed by atoms with Gasteiger partial charge < -0.3 is 11.1 Å². The number of halogens is 1. The van der Waals surface area contributed by atoms with E-state index in [4.69, 9.17) is 5.73 Å². The largest absolute Gasteiger partial charge is 0.327 e. The summed E-state index contributed by atoms with van der Waals surface area (Å²) in [7, 11) is 0. The average Bonchev–Trinajstić information content (AvgIpc) is 2.78. The van der Waals surface area contributed by atoms with Gasteiger partial charge in [0.25, 0.3) is 5.91 Å². The first-order valence-corrected chi connectivity index (χ1v) is 6.46. The summed E-state index contributed by atoms with van der Waals surface area (Å²) < 4.78 is 0. The van der Waals surface area contributed by atoms with E-state index >= 15 is 0 Å². The molecule has 2 aromatic rings. The van der Waals surface area contributed by atoms with E-state index in [2.05, 4.69) is 5.32 Å². The van der Waals surface area contributed by atoms with Crippen LogP contribution in [0.5, 0.6) is 0 Å². The lowest BCUT2D eigenvalue weighted by molar-refractivity contribution is 0.102. The summed E-state index contributed by atoms with van der Waals surface area (Å²) in [4.78, 5) is 12.2. The van der Waals surface area contributed by atoms with Gasteiger partial charge in [0.15, 0.2) is 0 Å². The van der Waals surface area contributed by atoms with E-state index < -0.39 is 0 Å². The normalized spacial score (nSPS) is 16.1. The third-order valence-electron chi connectivity index (χ3n) is 3.46. The Kier molecular flexibility index (Phi) is 4.42. The summed E-state index contributed by atoms with van der Waals surface area (Å²) in [6, 6.07) is 15.5. The maximum absolute atomic E-state index is 12.2. The number of hydrogen-bond donors (Lipinski definition) is 2. The molecule has 2 aromatic carbocycles. The highest BCUT2D eigenvalue weighted by molar-refractivity contribution is 6.04. The Bertz CT molecular complexity index is 613. The van der Waals surface area contributed by atoms with Crippen molar-refractivity contribution < 1.29 is 4.79 Å². The number of nitrogens with two attached hydrogens (primary N) is 1. The minimum atomic E-state index is -0.0746. The molecule has 0 aromatic heterocycles. The fourth-order valence-electron chi connectivity index (χ4n) is 2.52. The van der Waals surface area contributed by atoms with Gasteiger partial charge in [0.05, 0.1) is 0 Å². The highest BCUT2D eigenvalue weighted by atomic mass is 35.5. The van der Waals surface area contributed by atoms with Crippen LogP contribution < -0.4 is 11.1 Å². The topological polar surface area (TPSA) is 55.1 Å². The predicted octanol–water partition coefficient (Wildman–Crippen LogP) is 2.79. The standard InChI is InChI=1S/C16H16N2O.ClH/c17-14-9-11-6-7-12(8-13(11)10-14)16(19)18-15-4-2-1-3-5-15;/h1-8,14H,9-10,17H2,(H,18,19);1H. The Morgan fingerprint density at radius 1 is 1.05 bits per heavy atom. The second kappa shape index (κ2) is 6.07. The minimum absolute atomic E-state index is 0. The van der Waals surface area contributed by atoms with E-state index in [1.54, 1.807) is 0 Å². The minimum Gasteiger partial charge on any atom is -0.327 e. The molecule has 1 amide bonds. The Morgan fingerprint density at radius 2 is 1.75 bits per heavy atom. The van der Waals surface area contributed by atoms with Crippen LogP contribution in [-0.4, -0.2) is 11.9 Å². The lowest BCUT2D eigenvalue weighted by atomic mass is 10.1. The number of rotatable bonds is 2. The molecule has 4 heteroatoms. The first-order valence-electron chi connectivity index (χ1n) is 6.46. The zero-order chi connectivity index (χ0) is 13.2. The SMILES string of the molecule is Cl.NC1Cc2ccc(C(=O)Nc3ccccc3)cc2C1. The predicted molar refractivity (Wildman–Crippen MR) is 83.5 cm³/mol. The first-order chi connectivity index (χ1) is 9.22. The van der Waals surface area contributed by atoms with Crippen molar-refractivity contribution in [2.45, 2.75) is 18.9 Å². The maximum Gasteiger partial charge on any atom is 0.255 e. The summed E-state index contributed by atoms with van der Waals surface area (Å²) in [5.74, 6) is -0.0746. The number of hydrogen-bond acceptors (Lipinski definition) is 2. The Morgan fingerprint density at radius 3 is 2.50 bits per heavy atom. The Hall–Kier alpha value is -1.84. The van der Waals surface area contributed by atoms with Crippen LogP contribution in [0.4, 0.5) is 5.69 Å². The monoisotopic (exact) mass is 288 g/mol. The summed E-state index contributed by atoms with van der Waals surface area (Å²) in [6.07, 6.45) is 1.78. The van der Waals surface area contributed by atoms with Gasteiger partial charge >= 0.3 is 0 Å². The second-order valence-electron chi connectivity index (χ2n) is 4.97. The number of amides is 1. The van der Waals surface area contributed by atoms with Gasteiger partial charge in [-0.25, -0.2) is 0 Å². The fourth-order valence-corrected chi connectivity index (χ4v) is 2.52. The van der Waals surface area contributed by atoms with Crippen molar-refractivity contribution in [3.05, 3.63) is 65.2 Å². The second-order valence-corrected chi connectivity index (χ2v) is 4.97. The van der Waals surface area contributed by atoms with Crippen molar-refractivity contribution in [2.24, 2.45) is 5.73 Å². The average molecular weight is 289 g/mol. The summed E-state index contributed by atoms with van der Waals surface area (Å²) in [5.41, 5.74) is 9.90. The number of benzene rings is 2. The molecule has 0 radical (unpaired) electrons. The number of carbonyl (C=O) groups is 1. The molecule has 1 atom stereocenters. The number of anilines is 1. The zero-order valence-electron chi connectivity index (χ0n) is 11.0. The number of nitrogens with one attached hydrogen (secondary N) is 1. The number of carbonyl (C=O) groups excluding carboxylic acids is 1. The molecule has 0 saturated heterocycles. The van der Waals surface area contributed by atoms with Crippen LogP contribution >= 0.6 is 12.4 Å². The van der Waals surface area contributed by atoms with Crippen molar-refractivity contribution in [1.82, 2.24) is 0 Å². The molecule has 1 unspecified atom stereocenters. The summed E-state index contributed by atoms with van der Waals surface area (Å²) in [5, 5.41) is 2.89. The van der Waals surface area contributed by atoms with E-state index in [1.807, 2.05) is 48.5 Å². The molecule has 0 bridgehead atoms. The van der Waals surface area contributed by atoms with Gasteiger partial charge in [-0.05, 0) is 48.2 Å². The zero-order valence-corrected chi connectivity index (χ0v) is 11.8. The molecular weight excluding hydrogens is 272 g/mol. The smallest absolute Gasteiger partial charge is 0.255 e. The quantitative estimate of drug-likeness (QED) is 0.893. The highest BCUT2D eigenvalue weighted by Gasteiger charge is 2.19. The van der Waals surface area contributed by atoms with E-state index in [9.17, 15) is 4.79 Å². The molecule has 0 spiro atoms. The van der Waals surface area contributed by atoms with Gasteiger partial charge in [-0.3, -0.25) is 4.79 Å². The van der Waals surface area contributed by atoms with E-state index in [1.165, 1.54) is 11.1 Å². The fraction of sp³-hybridized carbons (Fsp3) is 0.188. The number of para-hydroxylation sites is 1. The number of fused-ring (bicyclic) bond motifs is 1. The molecule has 20 heavy (non-hydrogen) atoms. The molecule has 0 aliphatic heterocycles. The molecule has 0 fully saturated rings. The van der Waals surface area contributed by atoms with Gasteiger partial charge in [-0.2, -0.15) is 0 Å². The highest BCUT2D eigenvalue weighted by Crippen LogP contribution is 2.22. The Labute approximate surface area is 124 Å². The van der Waals surface area contributed by atoms with Crippen LogP contribution in [0.3, 0.4) is 0 Å². The van der Waals surface area contributed by atoms with Crippen molar-refractivity contribution in [1.29, 1.82) is 0 Å². The summed E-state index contributed by atoms with van der Waals surface area (Å²) in [6.45, 7) is 0. The van der Waals surface area contributed by atoms with E-state index in [-0.39, 0.29) is 24.4 Å². The lowest BCUT2D eigenvalue weighted by Crippen LogP contribution is -2.19. The van der Waals surface area contributed by atoms with Gasteiger partial charge in [0.2, 0.25) is 0 Å². The molecule has 3 rings (SSSR count). The molecule has 1 aliphatic rings. The van der Waals surface area contributed by atoms with Crippen molar-refractivity contribution in [3.63, 3.8) is 0 Å². The van der Waals surface area contributed by atoms with Gasteiger partial charge in [0, 0.05) is 17.3 Å². The van der Waals surface area contributed by atoms with Crippen LogP contribution in [0.2, 0.25) is 0 Å². The molecule has 3 nitrogen and oxygen atoms in total. The van der Waals surface area contributed by atoms with Crippen LogP contribution in [0.1, 0.15) is 21.5 Å². The third-order valence-corrected chi connectivity index (χ3v) is 3.46. The van der Waals surface area contributed by atoms with E-state index in [0.717, 1.165) is 18.5 Å².